The van der Waals surface area contributed by atoms with Crippen molar-refractivity contribution in [2.45, 2.75) is 6.92 Å². The van der Waals surface area contributed by atoms with E-state index in [9.17, 15) is 4.79 Å². The van der Waals surface area contributed by atoms with Crippen molar-refractivity contribution >= 4 is 34.9 Å². The van der Waals surface area contributed by atoms with E-state index >= 15 is 0 Å². The third kappa shape index (κ3) is 2.68. The summed E-state index contributed by atoms with van der Waals surface area (Å²) in [5, 5.41) is 4.73. The van der Waals surface area contributed by atoms with Gasteiger partial charge in [-0.1, -0.05) is 23.2 Å². The van der Waals surface area contributed by atoms with E-state index in [0.717, 1.165) is 5.69 Å². The smallest absolute Gasteiger partial charge is 0.383 e. The molecular formula is C13H8Cl2N4O2. The van der Waals surface area contributed by atoms with Crippen LogP contribution in [-0.2, 0) is 0 Å². The lowest BCUT2D eigenvalue weighted by Crippen LogP contribution is -2.11. The van der Waals surface area contributed by atoms with Gasteiger partial charge in [0.05, 0.1) is 5.02 Å². The lowest BCUT2D eigenvalue weighted by Gasteiger charge is -2.03. The summed E-state index contributed by atoms with van der Waals surface area (Å²) in [6.45, 7) is 1.83. The number of rotatable bonds is 2. The number of carbonyl (C=O) groups is 1. The van der Waals surface area contributed by atoms with Gasteiger partial charge in [0.1, 0.15) is 5.75 Å². The number of carbonyl (C=O) groups excluding carboxylic acids is 1. The number of hydrogen-bond acceptors (Lipinski definition) is 5. The van der Waals surface area contributed by atoms with Crippen LogP contribution in [0.2, 0.25) is 10.0 Å². The van der Waals surface area contributed by atoms with Gasteiger partial charge in [0, 0.05) is 16.9 Å². The number of aryl methyl sites for hydroxylation is 1. The number of hydrogen-bond donors (Lipinski definition) is 0. The van der Waals surface area contributed by atoms with Crippen LogP contribution in [0.4, 0.5) is 0 Å². The minimum atomic E-state index is -0.718. The van der Waals surface area contributed by atoms with Gasteiger partial charge in [0.25, 0.3) is 11.6 Å². The van der Waals surface area contributed by atoms with Crippen LogP contribution >= 0.6 is 23.2 Å². The highest BCUT2D eigenvalue weighted by Crippen LogP contribution is 2.27. The minimum absolute atomic E-state index is 0.0946. The van der Waals surface area contributed by atoms with Crippen molar-refractivity contribution in [3.8, 4) is 5.75 Å². The standard InChI is InChI=1S/C13H8Cl2N4O2/c1-7-4-5-16-13-17-11(18-19(7)13)12(20)21-10-3-2-8(14)6-9(10)15/h2-6H,1H3. The highest BCUT2D eigenvalue weighted by Gasteiger charge is 2.18. The molecule has 0 fully saturated rings. The van der Waals surface area contributed by atoms with Gasteiger partial charge in [-0.15, -0.1) is 5.10 Å². The molecular weight excluding hydrogens is 315 g/mol. The zero-order valence-electron chi connectivity index (χ0n) is 10.7. The maximum absolute atomic E-state index is 12.1. The van der Waals surface area contributed by atoms with Gasteiger partial charge in [-0.3, -0.25) is 0 Å². The molecule has 0 unspecified atom stereocenters. The molecule has 0 amide bonds. The summed E-state index contributed by atoms with van der Waals surface area (Å²) < 4.78 is 6.62. The van der Waals surface area contributed by atoms with Gasteiger partial charge >= 0.3 is 5.97 Å². The van der Waals surface area contributed by atoms with Crippen molar-refractivity contribution in [3.05, 3.63) is 52.0 Å². The SMILES string of the molecule is Cc1ccnc2nc(C(=O)Oc3ccc(Cl)cc3Cl)nn12. The number of esters is 1. The largest absolute Gasteiger partial charge is 0.419 e. The molecule has 6 nitrogen and oxygen atoms in total. The monoisotopic (exact) mass is 322 g/mol. The fourth-order valence-electron chi connectivity index (χ4n) is 1.70. The molecule has 3 rings (SSSR count). The molecule has 3 aromatic rings. The summed E-state index contributed by atoms with van der Waals surface area (Å²) in [7, 11) is 0. The molecule has 0 aliphatic rings. The summed E-state index contributed by atoms with van der Waals surface area (Å²) in [5.74, 6) is -0.300. The molecule has 8 heteroatoms. The molecule has 0 aliphatic carbocycles. The minimum Gasteiger partial charge on any atom is -0.419 e. The Hall–Kier alpha value is -2.18. The van der Waals surface area contributed by atoms with E-state index in [-0.39, 0.29) is 16.6 Å². The van der Waals surface area contributed by atoms with Crippen molar-refractivity contribution < 1.29 is 9.53 Å². The molecule has 0 saturated heterocycles. The highest BCUT2D eigenvalue weighted by atomic mass is 35.5. The van der Waals surface area contributed by atoms with Crippen molar-refractivity contribution in [1.29, 1.82) is 0 Å². The molecule has 0 atom stereocenters. The molecule has 0 saturated carbocycles. The van der Waals surface area contributed by atoms with Gasteiger partial charge in [0.15, 0.2) is 0 Å². The second-order valence-electron chi connectivity index (χ2n) is 4.20. The zero-order chi connectivity index (χ0) is 15.0. The Labute approximate surface area is 129 Å². The van der Waals surface area contributed by atoms with Gasteiger partial charge in [-0.05, 0) is 31.2 Å². The van der Waals surface area contributed by atoms with Crippen LogP contribution in [0.3, 0.4) is 0 Å². The van der Waals surface area contributed by atoms with Crippen LogP contribution < -0.4 is 4.74 Å². The van der Waals surface area contributed by atoms with E-state index < -0.39 is 5.97 Å². The zero-order valence-corrected chi connectivity index (χ0v) is 12.3. The summed E-state index contributed by atoms with van der Waals surface area (Å²) in [5.41, 5.74) is 0.802. The molecule has 21 heavy (non-hydrogen) atoms. The summed E-state index contributed by atoms with van der Waals surface area (Å²) in [6, 6.07) is 6.31. The van der Waals surface area contributed by atoms with Crippen molar-refractivity contribution in [2.24, 2.45) is 0 Å². The van der Waals surface area contributed by atoms with E-state index in [1.165, 1.54) is 16.6 Å². The Morgan fingerprint density at radius 2 is 2.10 bits per heavy atom. The number of halogens is 2. The molecule has 106 valence electrons. The Kier molecular flexibility index (Phi) is 3.48. The summed E-state index contributed by atoms with van der Waals surface area (Å²) in [4.78, 5) is 20.1. The van der Waals surface area contributed by atoms with E-state index in [4.69, 9.17) is 27.9 Å². The quantitative estimate of drug-likeness (QED) is 0.536. The Morgan fingerprint density at radius 1 is 1.29 bits per heavy atom. The van der Waals surface area contributed by atoms with Crippen molar-refractivity contribution in [2.75, 3.05) is 0 Å². The second kappa shape index (κ2) is 5.31. The highest BCUT2D eigenvalue weighted by molar-refractivity contribution is 6.35. The van der Waals surface area contributed by atoms with Crippen LogP contribution in [0.15, 0.2) is 30.5 Å². The van der Waals surface area contributed by atoms with E-state index in [1.807, 2.05) is 6.92 Å². The lowest BCUT2D eigenvalue weighted by molar-refractivity contribution is 0.0722. The summed E-state index contributed by atoms with van der Waals surface area (Å²) >= 11 is 11.7. The van der Waals surface area contributed by atoms with Crippen LogP contribution in [-0.4, -0.2) is 25.6 Å². The third-order valence-electron chi connectivity index (χ3n) is 2.71. The Bertz CT molecular complexity index is 847. The first-order valence-corrected chi connectivity index (χ1v) is 6.66. The predicted octanol–water partition coefficient (Wildman–Crippen LogP) is 2.96. The molecule has 0 radical (unpaired) electrons. The predicted molar refractivity (Wildman–Crippen MR) is 76.9 cm³/mol. The van der Waals surface area contributed by atoms with Gasteiger partial charge in [-0.2, -0.15) is 4.98 Å². The van der Waals surface area contributed by atoms with Gasteiger partial charge < -0.3 is 4.74 Å². The maximum atomic E-state index is 12.1. The third-order valence-corrected chi connectivity index (χ3v) is 3.24. The molecule has 1 aromatic carbocycles. The average molecular weight is 323 g/mol. The summed E-state index contributed by atoms with van der Waals surface area (Å²) in [6.07, 6.45) is 1.59. The fraction of sp³-hybridized carbons (Fsp3) is 0.0769. The van der Waals surface area contributed by atoms with Crippen LogP contribution in [0, 0.1) is 6.92 Å². The maximum Gasteiger partial charge on any atom is 0.383 e. The molecule has 0 bridgehead atoms. The average Bonchev–Trinajstić information content (AvgIpc) is 2.87. The molecule has 2 aromatic heterocycles. The van der Waals surface area contributed by atoms with Gasteiger partial charge in [-0.25, -0.2) is 14.3 Å². The normalized spacial score (nSPS) is 10.8. The molecule has 0 aliphatic heterocycles. The number of ether oxygens (including phenoxy) is 1. The van der Waals surface area contributed by atoms with E-state index in [1.54, 1.807) is 18.3 Å². The van der Waals surface area contributed by atoms with Crippen molar-refractivity contribution in [1.82, 2.24) is 19.6 Å². The lowest BCUT2D eigenvalue weighted by atomic mass is 10.3. The number of aromatic nitrogens is 4. The molecule has 0 N–H and O–H groups in total. The first kappa shape index (κ1) is 13.8. The number of benzene rings is 1. The second-order valence-corrected chi connectivity index (χ2v) is 5.04. The van der Waals surface area contributed by atoms with Crippen LogP contribution in [0.25, 0.3) is 5.78 Å². The Morgan fingerprint density at radius 3 is 2.81 bits per heavy atom. The first-order valence-electron chi connectivity index (χ1n) is 5.90. The van der Waals surface area contributed by atoms with Crippen LogP contribution in [0.5, 0.6) is 5.75 Å². The van der Waals surface area contributed by atoms with Gasteiger partial charge in [0.2, 0.25) is 0 Å². The molecule has 2 heterocycles. The Balaban J connectivity index is 1.92. The fourth-order valence-corrected chi connectivity index (χ4v) is 2.14. The van der Waals surface area contributed by atoms with Crippen LogP contribution in [0.1, 0.15) is 16.3 Å². The van der Waals surface area contributed by atoms with E-state index in [2.05, 4.69) is 15.1 Å². The first-order chi connectivity index (χ1) is 10.0. The molecule has 0 spiro atoms. The van der Waals surface area contributed by atoms with Crippen molar-refractivity contribution in [3.63, 3.8) is 0 Å². The van der Waals surface area contributed by atoms with E-state index in [0.29, 0.717) is 10.8 Å². The topological polar surface area (TPSA) is 69.4 Å². The number of fused-ring (bicyclic) bond motifs is 1. The number of nitrogens with zero attached hydrogens (tertiary/aromatic N) is 4.